The number of anilines is 3. The number of likely N-dealkylation sites (tertiary alicyclic amines) is 1. The molecule has 4 heterocycles. The maximum Gasteiger partial charge on any atom is 0.245 e. The molecule has 2 aliphatic rings. The lowest BCUT2D eigenvalue weighted by Gasteiger charge is -2.43. The van der Waals surface area contributed by atoms with Crippen molar-refractivity contribution >= 4 is 34.1 Å². The monoisotopic (exact) mass is 641 g/mol. The van der Waals surface area contributed by atoms with E-state index in [9.17, 15) is 4.79 Å². The van der Waals surface area contributed by atoms with Crippen molar-refractivity contribution in [2.45, 2.75) is 44.9 Å². The van der Waals surface area contributed by atoms with E-state index >= 15 is 4.39 Å². The van der Waals surface area contributed by atoms with Crippen LogP contribution in [-0.4, -0.2) is 89.2 Å². The highest BCUT2D eigenvalue weighted by molar-refractivity contribution is 5.93. The van der Waals surface area contributed by atoms with Crippen LogP contribution in [0.25, 0.3) is 10.9 Å². The number of benzene rings is 2. The molecule has 6 rings (SSSR count). The number of hydrogen-bond donors (Lipinski definition) is 1. The number of aromatic nitrogens is 3. The zero-order valence-corrected chi connectivity index (χ0v) is 27.1. The Bertz CT molecular complexity index is 1750. The van der Waals surface area contributed by atoms with Gasteiger partial charge in [0.15, 0.2) is 11.5 Å². The van der Waals surface area contributed by atoms with Crippen LogP contribution in [0.4, 0.5) is 21.7 Å². The fraction of sp³-hybridized carbons (Fsp3) is 0.371. The van der Waals surface area contributed by atoms with E-state index in [-0.39, 0.29) is 17.7 Å². The van der Waals surface area contributed by atoms with Crippen molar-refractivity contribution in [1.29, 1.82) is 0 Å². The fourth-order valence-corrected chi connectivity index (χ4v) is 6.07. The smallest absolute Gasteiger partial charge is 0.245 e. The van der Waals surface area contributed by atoms with Crippen molar-refractivity contribution < 1.29 is 23.4 Å². The van der Waals surface area contributed by atoms with Crippen molar-refractivity contribution in [3.8, 4) is 23.0 Å². The zero-order valence-electron chi connectivity index (χ0n) is 27.1. The molecule has 1 N–H and O–H groups in total. The van der Waals surface area contributed by atoms with Crippen molar-refractivity contribution in [3.63, 3.8) is 0 Å². The maximum atomic E-state index is 15.5. The normalized spacial score (nSPS) is 19.0. The average molecular weight is 642 g/mol. The Morgan fingerprint density at radius 2 is 1.74 bits per heavy atom. The minimum absolute atomic E-state index is 0.0801. The first-order valence-electron chi connectivity index (χ1n) is 15.8. The van der Waals surface area contributed by atoms with E-state index in [0.29, 0.717) is 77.7 Å². The summed E-state index contributed by atoms with van der Waals surface area (Å²) in [6, 6.07) is 12.7. The van der Waals surface area contributed by atoms with Crippen LogP contribution in [0, 0.1) is 5.82 Å². The zero-order chi connectivity index (χ0) is 33.1. The number of fused-ring (bicyclic) bond motifs is 1. The van der Waals surface area contributed by atoms with Gasteiger partial charge in [-0.25, -0.2) is 19.3 Å². The second-order valence-electron chi connectivity index (χ2n) is 12.1. The minimum atomic E-state index is -0.504. The van der Waals surface area contributed by atoms with E-state index in [4.69, 9.17) is 14.2 Å². The van der Waals surface area contributed by atoms with Gasteiger partial charge in [0.25, 0.3) is 0 Å². The number of carbonyl (C=O) groups is 1. The molecule has 2 aromatic heterocycles. The van der Waals surface area contributed by atoms with E-state index in [1.54, 1.807) is 48.5 Å². The Balaban J connectivity index is 1.17. The molecule has 11 nitrogen and oxygen atoms in total. The van der Waals surface area contributed by atoms with Gasteiger partial charge in [-0.2, -0.15) is 0 Å². The second-order valence-corrected chi connectivity index (χ2v) is 12.1. The number of rotatable bonds is 9. The molecule has 47 heavy (non-hydrogen) atoms. The predicted molar refractivity (Wildman–Crippen MR) is 179 cm³/mol. The van der Waals surface area contributed by atoms with Gasteiger partial charge < -0.3 is 29.3 Å². The molecular formula is C35H40FN7O4. The Morgan fingerprint density at radius 3 is 2.45 bits per heavy atom. The first-order valence-corrected chi connectivity index (χ1v) is 15.8. The van der Waals surface area contributed by atoms with Gasteiger partial charge in [0, 0.05) is 80.9 Å². The molecule has 1 amide bonds. The molecule has 2 fully saturated rings. The summed E-state index contributed by atoms with van der Waals surface area (Å²) in [5.41, 5.74) is 0.835. The Kier molecular flexibility index (Phi) is 9.39. The number of piperazine rings is 1. The molecule has 0 radical (unpaired) electrons. The largest absolute Gasteiger partial charge is 0.493 e. The van der Waals surface area contributed by atoms with Crippen molar-refractivity contribution in [1.82, 2.24) is 24.8 Å². The molecule has 2 saturated heterocycles. The van der Waals surface area contributed by atoms with E-state index in [1.165, 1.54) is 18.5 Å². The third-order valence-corrected chi connectivity index (χ3v) is 8.97. The summed E-state index contributed by atoms with van der Waals surface area (Å²) in [6.45, 7) is 10.9. The summed E-state index contributed by atoms with van der Waals surface area (Å²) >= 11 is 0. The molecule has 0 bridgehead atoms. The summed E-state index contributed by atoms with van der Waals surface area (Å²) in [6.07, 6.45) is 5.70. The quantitative estimate of drug-likeness (QED) is 0.226. The number of halogens is 1. The lowest BCUT2D eigenvalue weighted by atomic mass is 10.1. The van der Waals surface area contributed by atoms with Crippen LogP contribution in [0.3, 0.4) is 0 Å². The molecule has 4 aromatic rings. The molecule has 0 saturated carbocycles. The standard InChI is InChI=1S/C35H40FN7O4/c1-6-34(44)42-13-10-24(11-14-42)47-32-17-27-30(18-31(32)45-5)38-21-39-35(27)40-29-8-7-25(15-28(29)36)46-26-9-12-37-33(16-26)43-19-22(2)41(4)23(3)20-43/h6-9,12,15-18,21-24H,1,10-11,13-14,19-20H2,2-5H3,(H,38,39,40)/t22-,23+. The Labute approximate surface area is 274 Å². The fourth-order valence-electron chi connectivity index (χ4n) is 6.07. The SMILES string of the molecule is C=CC(=O)N1CCC(Oc2cc3c(Nc4ccc(Oc5ccnc(N6C[C@@H](C)N(C)[C@@H](C)C6)c5)cc4F)ncnc3cc2OC)CC1. The summed E-state index contributed by atoms with van der Waals surface area (Å²) < 4.78 is 33.5. The maximum absolute atomic E-state index is 15.5. The average Bonchev–Trinajstić information content (AvgIpc) is 3.08. The predicted octanol–water partition coefficient (Wildman–Crippen LogP) is 5.79. The highest BCUT2D eigenvalue weighted by atomic mass is 19.1. The number of piperidine rings is 1. The number of methoxy groups -OCH3 is 1. The second kappa shape index (κ2) is 13.8. The van der Waals surface area contributed by atoms with Crippen LogP contribution in [0.1, 0.15) is 26.7 Å². The van der Waals surface area contributed by atoms with E-state index in [0.717, 1.165) is 18.9 Å². The van der Waals surface area contributed by atoms with Crippen molar-refractivity contribution in [2.75, 3.05) is 50.6 Å². The topological polar surface area (TPSA) is 105 Å². The Morgan fingerprint density at radius 1 is 1.00 bits per heavy atom. The third kappa shape index (κ3) is 7.07. The lowest BCUT2D eigenvalue weighted by molar-refractivity contribution is -0.127. The number of ether oxygens (including phenoxy) is 3. The number of amides is 1. The summed E-state index contributed by atoms with van der Waals surface area (Å²) in [5, 5.41) is 3.75. The highest BCUT2D eigenvalue weighted by Crippen LogP contribution is 2.37. The van der Waals surface area contributed by atoms with Gasteiger partial charge in [-0.05, 0) is 51.2 Å². The van der Waals surface area contributed by atoms with Crippen LogP contribution in [0.2, 0.25) is 0 Å². The summed E-state index contributed by atoms with van der Waals surface area (Å²) in [5.74, 6) is 2.64. The molecule has 0 unspecified atom stereocenters. The van der Waals surface area contributed by atoms with Crippen LogP contribution < -0.4 is 24.4 Å². The molecular weight excluding hydrogens is 601 g/mol. The molecule has 12 heteroatoms. The van der Waals surface area contributed by atoms with E-state index < -0.39 is 5.82 Å². The van der Waals surface area contributed by atoms with Crippen molar-refractivity contribution in [3.05, 3.63) is 73.5 Å². The van der Waals surface area contributed by atoms with E-state index in [2.05, 4.69) is 57.5 Å². The van der Waals surface area contributed by atoms with Gasteiger partial charge in [0.2, 0.25) is 5.91 Å². The van der Waals surface area contributed by atoms with E-state index in [1.807, 2.05) is 6.07 Å². The number of carbonyl (C=O) groups excluding carboxylic acids is 1. The number of nitrogens with one attached hydrogen (secondary N) is 1. The lowest BCUT2D eigenvalue weighted by Crippen LogP contribution is -2.55. The highest BCUT2D eigenvalue weighted by Gasteiger charge is 2.28. The molecule has 246 valence electrons. The number of likely N-dealkylation sites (N-methyl/N-ethyl adjacent to an activating group) is 1. The first-order chi connectivity index (χ1) is 22.7. The molecule has 2 atom stereocenters. The van der Waals surface area contributed by atoms with Crippen LogP contribution in [0.5, 0.6) is 23.0 Å². The number of nitrogens with zero attached hydrogens (tertiary/aromatic N) is 6. The van der Waals surface area contributed by atoms with Gasteiger partial charge >= 0.3 is 0 Å². The molecule has 0 aliphatic carbocycles. The van der Waals surface area contributed by atoms with Gasteiger partial charge in [-0.15, -0.1) is 0 Å². The number of hydrogen-bond acceptors (Lipinski definition) is 10. The van der Waals surface area contributed by atoms with Gasteiger partial charge in [0.1, 0.15) is 41.4 Å². The minimum Gasteiger partial charge on any atom is -0.493 e. The Hall–Kier alpha value is -4.97. The number of pyridine rings is 1. The first kappa shape index (κ1) is 32.0. The van der Waals surface area contributed by atoms with Crippen LogP contribution >= 0.6 is 0 Å². The summed E-state index contributed by atoms with van der Waals surface area (Å²) in [4.78, 5) is 31.7. The molecule has 0 spiro atoms. The van der Waals surface area contributed by atoms with Gasteiger partial charge in [-0.1, -0.05) is 6.58 Å². The van der Waals surface area contributed by atoms with Gasteiger partial charge in [-0.3, -0.25) is 9.69 Å². The van der Waals surface area contributed by atoms with Crippen LogP contribution in [0.15, 0.2) is 67.6 Å². The summed E-state index contributed by atoms with van der Waals surface area (Å²) in [7, 11) is 3.71. The van der Waals surface area contributed by atoms with Crippen molar-refractivity contribution in [2.24, 2.45) is 0 Å². The molecule has 2 aliphatic heterocycles. The molecule has 2 aromatic carbocycles. The van der Waals surface area contributed by atoms with Crippen LogP contribution in [-0.2, 0) is 4.79 Å². The van der Waals surface area contributed by atoms with Gasteiger partial charge in [0.05, 0.1) is 18.3 Å². The third-order valence-electron chi connectivity index (χ3n) is 8.97.